The van der Waals surface area contributed by atoms with E-state index in [-0.39, 0.29) is 6.10 Å². The van der Waals surface area contributed by atoms with Crippen LogP contribution >= 0.6 is 11.6 Å². The summed E-state index contributed by atoms with van der Waals surface area (Å²) in [5.41, 5.74) is 1.20. The molecule has 2 aromatic rings. The van der Waals surface area contributed by atoms with Crippen molar-refractivity contribution in [3.8, 4) is 5.75 Å². The van der Waals surface area contributed by atoms with Gasteiger partial charge in [-0.1, -0.05) is 23.7 Å². The standard InChI is InChI=1S/C16H18ClN3O2/c1-21-13-4-2-3-12(9-13)10-14-11-20(7-8-22-14)16-6-5-15(17)18-19-16/h2-6,9,14H,7-8,10-11H2,1H3. The maximum Gasteiger partial charge on any atom is 0.151 e. The summed E-state index contributed by atoms with van der Waals surface area (Å²) in [5, 5.41) is 8.45. The van der Waals surface area contributed by atoms with Crippen LogP contribution in [0.5, 0.6) is 5.75 Å². The molecule has 0 radical (unpaired) electrons. The summed E-state index contributed by atoms with van der Waals surface area (Å²) >= 11 is 5.79. The number of methoxy groups -OCH3 is 1. The molecule has 1 aromatic heterocycles. The van der Waals surface area contributed by atoms with Gasteiger partial charge in [0, 0.05) is 19.5 Å². The number of halogens is 1. The van der Waals surface area contributed by atoms with Crippen LogP contribution in [0.2, 0.25) is 5.15 Å². The van der Waals surface area contributed by atoms with Crippen LogP contribution < -0.4 is 9.64 Å². The Bertz CT molecular complexity index is 621. The van der Waals surface area contributed by atoms with Crippen molar-refractivity contribution in [3.63, 3.8) is 0 Å². The summed E-state index contributed by atoms with van der Waals surface area (Å²) in [6.07, 6.45) is 0.965. The molecule has 1 unspecified atom stereocenters. The zero-order valence-corrected chi connectivity index (χ0v) is 13.2. The third kappa shape index (κ3) is 3.67. The summed E-state index contributed by atoms with van der Waals surface area (Å²) in [4.78, 5) is 2.18. The predicted molar refractivity (Wildman–Crippen MR) is 85.7 cm³/mol. The van der Waals surface area contributed by atoms with Gasteiger partial charge >= 0.3 is 0 Å². The Hall–Kier alpha value is -1.85. The number of nitrogens with zero attached hydrogens (tertiary/aromatic N) is 3. The maximum atomic E-state index is 5.87. The average Bonchev–Trinajstić information content (AvgIpc) is 2.56. The number of morpholine rings is 1. The van der Waals surface area contributed by atoms with E-state index in [4.69, 9.17) is 21.1 Å². The molecule has 6 heteroatoms. The first-order chi connectivity index (χ1) is 10.7. The first-order valence-corrected chi connectivity index (χ1v) is 7.61. The number of hydrogen-bond donors (Lipinski definition) is 0. The molecule has 1 saturated heterocycles. The Morgan fingerprint density at radius 3 is 3.00 bits per heavy atom. The van der Waals surface area contributed by atoms with Crippen LogP contribution in [0.25, 0.3) is 0 Å². The van der Waals surface area contributed by atoms with Gasteiger partial charge in [-0.05, 0) is 29.8 Å². The third-order valence-corrected chi connectivity index (χ3v) is 3.88. The highest BCUT2D eigenvalue weighted by Gasteiger charge is 2.22. The molecule has 2 heterocycles. The molecule has 1 aliphatic heterocycles. The van der Waals surface area contributed by atoms with E-state index >= 15 is 0 Å². The van der Waals surface area contributed by atoms with Crippen molar-refractivity contribution in [2.45, 2.75) is 12.5 Å². The van der Waals surface area contributed by atoms with Crippen LogP contribution in [0.3, 0.4) is 0 Å². The summed E-state index contributed by atoms with van der Waals surface area (Å²) < 4.78 is 11.1. The molecule has 5 nitrogen and oxygen atoms in total. The van der Waals surface area contributed by atoms with Crippen molar-refractivity contribution < 1.29 is 9.47 Å². The van der Waals surface area contributed by atoms with Crippen LogP contribution in [0.15, 0.2) is 36.4 Å². The van der Waals surface area contributed by atoms with E-state index in [0.29, 0.717) is 11.8 Å². The topological polar surface area (TPSA) is 47.5 Å². The number of hydrogen-bond acceptors (Lipinski definition) is 5. The van der Waals surface area contributed by atoms with E-state index in [1.807, 2.05) is 24.3 Å². The minimum Gasteiger partial charge on any atom is -0.497 e. The molecule has 0 amide bonds. The lowest BCUT2D eigenvalue weighted by Gasteiger charge is -2.33. The highest BCUT2D eigenvalue weighted by Crippen LogP contribution is 2.20. The molecule has 1 atom stereocenters. The van der Waals surface area contributed by atoms with Gasteiger partial charge in [0.2, 0.25) is 0 Å². The van der Waals surface area contributed by atoms with E-state index in [1.54, 1.807) is 13.2 Å². The Labute approximate surface area is 134 Å². The van der Waals surface area contributed by atoms with Gasteiger partial charge in [0.25, 0.3) is 0 Å². The Kier molecular flexibility index (Phi) is 4.75. The number of benzene rings is 1. The lowest BCUT2D eigenvalue weighted by Crippen LogP contribution is -2.43. The first kappa shape index (κ1) is 15.1. The molecule has 0 spiro atoms. The highest BCUT2D eigenvalue weighted by molar-refractivity contribution is 6.29. The van der Waals surface area contributed by atoms with E-state index in [1.165, 1.54) is 5.56 Å². The van der Waals surface area contributed by atoms with Crippen molar-refractivity contribution in [1.82, 2.24) is 10.2 Å². The molecule has 0 aliphatic carbocycles. The van der Waals surface area contributed by atoms with Crippen molar-refractivity contribution in [1.29, 1.82) is 0 Å². The van der Waals surface area contributed by atoms with Gasteiger partial charge in [0.15, 0.2) is 11.0 Å². The maximum absolute atomic E-state index is 5.87. The molecule has 22 heavy (non-hydrogen) atoms. The van der Waals surface area contributed by atoms with E-state index in [0.717, 1.165) is 31.1 Å². The summed E-state index contributed by atoms with van der Waals surface area (Å²) in [7, 11) is 1.68. The lowest BCUT2D eigenvalue weighted by molar-refractivity contribution is 0.0407. The fourth-order valence-corrected chi connectivity index (χ4v) is 2.69. The number of anilines is 1. The Morgan fingerprint density at radius 1 is 1.32 bits per heavy atom. The van der Waals surface area contributed by atoms with Crippen LogP contribution in [-0.4, -0.2) is 43.1 Å². The predicted octanol–water partition coefficient (Wildman–Crippen LogP) is 2.59. The fourth-order valence-electron chi connectivity index (χ4n) is 2.59. The van der Waals surface area contributed by atoms with E-state index in [2.05, 4.69) is 21.2 Å². The van der Waals surface area contributed by atoms with Crippen molar-refractivity contribution in [2.24, 2.45) is 0 Å². The zero-order chi connectivity index (χ0) is 15.4. The minimum absolute atomic E-state index is 0.123. The smallest absolute Gasteiger partial charge is 0.151 e. The molecular formula is C16H18ClN3O2. The number of ether oxygens (including phenoxy) is 2. The second kappa shape index (κ2) is 6.94. The van der Waals surface area contributed by atoms with Gasteiger partial charge in [-0.15, -0.1) is 10.2 Å². The van der Waals surface area contributed by atoms with Crippen molar-refractivity contribution >= 4 is 17.4 Å². The van der Waals surface area contributed by atoms with Crippen LogP contribution in [0.1, 0.15) is 5.56 Å². The van der Waals surface area contributed by atoms with Gasteiger partial charge in [-0.3, -0.25) is 0 Å². The quantitative estimate of drug-likeness (QED) is 0.867. The molecule has 0 saturated carbocycles. The average molecular weight is 320 g/mol. The molecule has 1 aliphatic rings. The summed E-state index contributed by atoms with van der Waals surface area (Å²) in [6, 6.07) is 11.7. The number of aromatic nitrogens is 2. The second-order valence-electron chi connectivity index (χ2n) is 5.21. The Morgan fingerprint density at radius 2 is 2.23 bits per heavy atom. The van der Waals surface area contributed by atoms with E-state index in [9.17, 15) is 0 Å². The highest BCUT2D eigenvalue weighted by atomic mass is 35.5. The number of rotatable bonds is 4. The van der Waals surface area contributed by atoms with Gasteiger partial charge in [0.1, 0.15) is 5.75 Å². The molecular weight excluding hydrogens is 302 g/mol. The molecule has 0 N–H and O–H groups in total. The van der Waals surface area contributed by atoms with Gasteiger partial charge in [0.05, 0.1) is 19.8 Å². The van der Waals surface area contributed by atoms with Gasteiger partial charge in [-0.25, -0.2) is 0 Å². The largest absolute Gasteiger partial charge is 0.497 e. The van der Waals surface area contributed by atoms with E-state index < -0.39 is 0 Å². The van der Waals surface area contributed by atoms with Crippen LogP contribution in [0.4, 0.5) is 5.82 Å². The first-order valence-electron chi connectivity index (χ1n) is 7.23. The summed E-state index contributed by atoms with van der Waals surface area (Å²) in [6.45, 7) is 2.28. The normalized spacial score (nSPS) is 18.3. The molecule has 0 bridgehead atoms. The monoisotopic (exact) mass is 319 g/mol. The zero-order valence-electron chi connectivity index (χ0n) is 12.4. The molecule has 1 aromatic carbocycles. The van der Waals surface area contributed by atoms with Gasteiger partial charge < -0.3 is 14.4 Å². The second-order valence-corrected chi connectivity index (χ2v) is 5.60. The summed E-state index contributed by atoms with van der Waals surface area (Å²) in [5.74, 6) is 1.71. The molecule has 1 fully saturated rings. The minimum atomic E-state index is 0.123. The van der Waals surface area contributed by atoms with Gasteiger partial charge in [-0.2, -0.15) is 0 Å². The fraction of sp³-hybridized carbons (Fsp3) is 0.375. The lowest BCUT2D eigenvalue weighted by atomic mass is 10.1. The van der Waals surface area contributed by atoms with Crippen molar-refractivity contribution in [3.05, 3.63) is 47.1 Å². The molecule has 116 valence electrons. The third-order valence-electron chi connectivity index (χ3n) is 3.68. The SMILES string of the molecule is COc1cccc(CC2CN(c3ccc(Cl)nn3)CCO2)c1. The van der Waals surface area contributed by atoms with Crippen molar-refractivity contribution in [2.75, 3.05) is 31.7 Å². The Balaban J connectivity index is 1.66. The molecule has 3 rings (SSSR count). The van der Waals surface area contributed by atoms with Crippen LogP contribution in [0, 0.1) is 0 Å². The van der Waals surface area contributed by atoms with Crippen LogP contribution in [-0.2, 0) is 11.2 Å².